The van der Waals surface area contributed by atoms with Gasteiger partial charge in [0.2, 0.25) is 5.91 Å². The maximum Gasteiger partial charge on any atom is 0.417 e. The maximum atomic E-state index is 13.7. The number of alkyl halides is 3. The summed E-state index contributed by atoms with van der Waals surface area (Å²) in [6, 6.07) is 14.5. The first-order valence-electron chi connectivity index (χ1n) is 8.91. The van der Waals surface area contributed by atoms with E-state index >= 15 is 0 Å². The van der Waals surface area contributed by atoms with Crippen molar-refractivity contribution in [3.63, 3.8) is 0 Å². The smallest absolute Gasteiger partial charge is 0.321 e. The van der Waals surface area contributed by atoms with Gasteiger partial charge in [-0.1, -0.05) is 36.4 Å². The second kappa shape index (κ2) is 9.21. The summed E-state index contributed by atoms with van der Waals surface area (Å²) >= 11 is 0. The summed E-state index contributed by atoms with van der Waals surface area (Å²) in [4.78, 5) is 28.5. The van der Waals surface area contributed by atoms with Crippen LogP contribution in [0.4, 0.5) is 28.9 Å². The number of allylic oxidation sites excluding steroid dienone is 1. The Morgan fingerprint density at radius 1 is 0.871 bits per heavy atom. The average Bonchev–Trinajstić information content (AvgIpc) is 2.74. The highest BCUT2D eigenvalue weighted by Gasteiger charge is 2.35. The van der Waals surface area contributed by atoms with Gasteiger partial charge in [-0.2, -0.15) is 13.2 Å². The Hall–Kier alpha value is -4.01. The lowest BCUT2D eigenvalue weighted by Crippen LogP contribution is -2.18. The number of aromatic nitrogens is 1. The molecule has 0 radical (unpaired) electrons. The van der Waals surface area contributed by atoms with Crippen molar-refractivity contribution in [2.24, 2.45) is 0 Å². The molecule has 0 saturated carbocycles. The van der Waals surface area contributed by atoms with E-state index < -0.39 is 29.4 Å². The van der Waals surface area contributed by atoms with E-state index in [-0.39, 0.29) is 22.6 Å². The van der Waals surface area contributed by atoms with Gasteiger partial charge in [0.05, 0.1) is 16.9 Å². The quantitative estimate of drug-likeness (QED) is 0.440. The summed E-state index contributed by atoms with van der Waals surface area (Å²) in [6.45, 7) is 0. The molecule has 0 spiro atoms. The molecule has 158 valence electrons. The third-order valence-electron chi connectivity index (χ3n) is 4.05. The van der Waals surface area contributed by atoms with E-state index in [2.05, 4.69) is 15.6 Å². The van der Waals surface area contributed by atoms with Crippen molar-refractivity contribution in [3.8, 4) is 0 Å². The molecule has 1 aromatic heterocycles. The number of anilines is 2. The van der Waals surface area contributed by atoms with Crippen molar-refractivity contribution in [2.45, 2.75) is 6.18 Å². The number of carbonyl (C=O) groups excluding carboxylic acids is 2. The molecule has 0 saturated heterocycles. The predicted molar refractivity (Wildman–Crippen MR) is 108 cm³/mol. The van der Waals surface area contributed by atoms with Crippen LogP contribution < -0.4 is 10.6 Å². The molecule has 0 aliphatic carbocycles. The summed E-state index contributed by atoms with van der Waals surface area (Å²) in [5.74, 6) is -2.54. The van der Waals surface area contributed by atoms with Gasteiger partial charge in [-0.3, -0.25) is 14.6 Å². The van der Waals surface area contributed by atoms with Gasteiger partial charge < -0.3 is 10.6 Å². The Morgan fingerprint density at radius 3 is 2.23 bits per heavy atom. The third-order valence-corrected chi connectivity index (χ3v) is 4.05. The van der Waals surface area contributed by atoms with Crippen LogP contribution in [0.3, 0.4) is 0 Å². The van der Waals surface area contributed by atoms with Gasteiger partial charge in [-0.25, -0.2) is 4.39 Å². The number of nitrogens with zero attached hydrogens (tertiary/aromatic N) is 1. The van der Waals surface area contributed by atoms with Crippen LogP contribution in [0.2, 0.25) is 0 Å². The molecule has 3 rings (SSSR count). The first-order chi connectivity index (χ1) is 14.7. The molecule has 1 heterocycles. The van der Waals surface area contributed by atoms with Crippen molar-refractivity contribution in [2.75, 3.05) is 10.6 Å². The van der Waals surface area contributed by atoms with Crippen molar-refractivity contribution in [1.29, 1.82) is 0 Å². The van der Waals surface area contributed by atoms with Gasteiger partial charge in [0, 0.05) is 12.3 Å². The number of nitrogens with one attached hydrogen (secondary N) is 2. The summed E-state index contributed by atoms with van der Waals surface area (Å²) in [6.07, 6.45) is -3.02. The number of rotatable bonds is 5. The van der Waals surface area contributed by atoms with E-state index in [0.29, 0.717) is 6.08 Å². The van der Waals surface area contributed by atoms with Crippen LogP contribution in [0.25, 0.3) is 5.57 Å². The van der Waals surface area contributed by atoms with Crippen molar-refractivity contribution >= 4 is 28.8 Å². The van der Waals surface area contributed by atoms with Gasteiger partial charge in [0.15, 0.2) is 0 Å². The van der Waals surface area contributed by atoms with Crippen LogP contribution in [0.15, 0.2) is 79.0 Å². The number of hydrogen-bond donors (Lipinski definition) is 2. The minimum atomic E-state index is -4.79. The molecule has 5 nitrogen and oxygen atoms in total. The zero-order valence-corrected chi connectivity index (χ0v) is 15.8. The van der Waals surface area contributed by atoms with Crippen molar-refractivity contribution in [1.82, 2.24) is 4.98 Å². The first-order valence-corrected chi connectivity index (χ1v) is 8.91. The van der Waals surface area contributed by atoms with Gasteiger partial charge in [0.1, 0.15) is 11.5 Å². The summed E-state index contributed by atoms with van der Waals surface area (Å²) in [5.41, 5.74) is -1.52. The Balaban J connectivity index is 1.87. The van der Waals surface area contributed by atoms with Crippen LogP contribution in [0, 0.1) is 5.82 Å². The SMILES string of the molecule is O=C(/C=C(/c1ccccc1)C(F)(F)F)Nc1cc(F)ccc1NC(=O)c1ccccn1. The van der Waals surface area contributed by atoms with E-state index in [1.165, 1.54) is 42.6 Å². The molecular weight excluding hydrogens is 414 g/mol. The lowest BCUT2D eigenvalue weighted by molar-refractivity contribution is -0.112. The van der Waals surface area contributed by atoms with Crippen LogP contribution in [0.5, 0.6) is 0 Å². The molecule has 31 heavy (non-hydrogen) atoms. The molecule has 0 aliphatic rings. The monoisotopic (exact) mass is 429 g/mol. The van der Waals surface area contributed by atoms with Gasteiger partial charge in [-0.15, -0.1) is 0 Å². The highest BCUT2D eigenvalue weighted by Crippen LogP contribution is 2.34. The second-order valence-corrected chi connectivity index (χ2v) is 6.27. The normalized spacial score (nSPS) is 11.7. The second-order valence-electron chi connectivity index (χ2n) is 6.27. The number of amides is 2. The summed E-state index contributed by atoms with van der Waals surface area (Å²) in [5, 5.41) is 4.64. The minimum Gasteiger partial charge on any atom is -0.321 e. The Bertz CT molecular complexity index is 1110. The minimum absolute atomic E-state index is 0.00734. The highest BCUT2D eigenvalue weighted by atomic mass is 19.4. The molecule has 2 aromatic carbocycles. The highest BCUT2D eigenvalue weighted by molar-refractivity contribution is 6.09. The number of carbonyl (C=O) groups is 2. The Morgan fingerprint density at radius 2 is 1.58 bits per heavy atom. The van der Waals surface area contributed by atoms with E-state index in [0.717, 1.165) is 12.1 Å². The van der Waals surface area contributed by atoms with Gasteiger partial charge >= 0.3 is 6.18 Å². The predicted octanol–water partition coefficient (Wildman–Crippen LogP) is 5.06. The summed E-state index contributed by atoms with van der Waals surface area (Å²) < 4.78 is 54.0. The van der Waals surface area contributed by atoms with E-state index in [4.69, 9.17) is 0 Å². The fourth-order valence-electron chi connectivity index (χ4n) is 2.66. The average molecular weight is 429 g/mol. The maximum absolute atomic E-state index is 13.7. The molecule has 9 heteroatoms. The van der Waals surface area contributed by atoms with Crippen molar-refractivity contribution < 1.29 is 27.2 Å². The Kier molecular flexibility index (Phi) is 6.44. The number of hydrogen-bond acceptors (Lipinski definition) is 3. The lowest BCUT2D eigenvalue weighted by Gasteiger charge is -2.14. The number of pyridine rings is 1. The third kappa shape index (κ3) is 5.75. The zero-order valence-electron chi connectivity index (χ0n) is 15.8. The molecule has 0 unspecified atom stereocenters. The molecule has 0 bridgehead atoms. The van der Waals surface area contributed by atoms with Crippen LogP contribution in [0.1, 0.15) is 16.1 Å². The molecule has 2 N–H and O–H groups in total. The molecular formula is C22H15F4N3O2. The molecule has 0 aliphatic heterocycles. The van der Waals surface area contributed by atoms with E-state index in [9.17, 15) is 27.2 Å². The number of benzene rings is 2. The molecule has 3 aromatic rings. The van der Waals surface area contributed by atoms with E-state index in [1.54, 1.807) is 18.2 Å². The summed E-state index contributed by atoms with van der Waals surface area (Å²) in [7, 11) is 0. The fourth-order valence-corrected chi connectivity index (χ4v) is 2.66. The Labute approximate surface area is 174 Å². The first kappa shape index (κ1) is 21.7. The zero-order chi connectivity index (χ0) is 22.4. The van der Waals surface area contributed by atoms with E-state index in [1.807, 2.05) is 0 Å². The molecule has 0 atom stereocenters. The molecule has 2 amide bonds. The van der Waals surface area contributed by atoms with Crippen LogP contribution >= 0.6 is 0 Å². The largest absolute Gasteiger partial charge is 0.417 e. The fraction of sp³-hybridized carbons (Fsp3) is 0.0455. The number of halogens is 4. The van der Waals surface area contributed by atoms with Crippen LogP contribution in [-0.2, 0) is 4.79 Å². The lowest BCUT2D eigenvalue weighted by atomic mass is 10.1. The topological polar surface area (TPSA) is 71.1 Å². The standard InChI is InChI=1S/C22H15F4N3O2/c23-15-9-10-17(29-21(31)18-8-4-5-11-27-18)19(12-15)28-20(30)13-16(22(24,25)26)14-6-2-1-3-7-14/h1-13H,(H,28,30)(H,29,31)/b16-13-. The van der Waals surface area contributed by atoms with Crippen molar-refractivity contribution in [3.05, 3.63) is 96.1 Å². The van der Waals surface area contributed by atoms with Gasteiger partial charge in [0.25, 0.3) is 5.91 Å². The van der Waals surface area contributed by atoms with Gasteiger partial charge in [-0.05, 0) is 35.9 Å². The van der Waals surface area contributed by atoms with Crippen LogP contribution in [-0.4, -0.2) is 23.0 Å². The molecule has 0 fully saturated rings.